The van der Waals surface area contributed by atoms with Crippen LogP contribution in [0, 0.1) is 0 Å². The van der Waals surface area contributed by atoms with Gasteiger partial charge in [-0.25, -0.2) is 8.42 Å². The van der Waals surface area contributed by atoms with Crippen LogP contribution in [0.4, 0.5) is 5.69 Å². The van der Waals surface area contributed by atoms with Gasteiger partial charge in [0.2, 0.25) is 10.0 Å². The van der Waals surface area contributed by atoms with Crippen LogP contribution in [0.3, 0.4) is 0 Å². The molecule has 10 heteroatoms. The average Bonchev–Trinajstić information content (AvgIpc) is 2.75. The van der Waals surface area contributed by atoms with Crippen molar-refractivity contribution >= 4 is 33.2 Å². The number of rotatable bonds is 7. The molecule has 0 radical (unpaired) electrons. The summed E-state index contributed by atoms with van der Waals surface area (Å²) in [5.41, 5.74) is 0.634. The molecule has 162 valence electrons. The van der Waals surface area contributed by atoms with E-state index >= 15 is 0 Å². The van der Waals surface area contributed by atoms with Crippen LogP contribution in [0.25, 0.3) is 0 Å². The summed E-state index contributed by atoms with van der Waals surface area (Å²) < 4.78 is 43.3. The molecule has 30 heavy (non-hydrogen) atoms. The minimum Gasteiger partial charge on any atom is -0.495 e. The molecule has 0 unspecified atom stereocenters. The first-order chi connectivity index (χ1) is 14.4. The summed E-state index contributed by atoms with van der Waals surface area (Å²) in [7, 11) is -2.41. The van der Waals surface area contributed by atoms with Crippen molar-refractivity contribution in [3.8, 4) is 11.5 Å². The lowest BCUT2D eigenvalue weighted by Crippen LogP contribution is -2.40. The first-order valence-corrected chi connectivity index (χ1v) is 11.2. The Morgan fingerprint density at radius 2 is 1.87 bits per heavy atom. The molecule has 3 rings (SSSR count). The maximum Gasteiger partial charge on any atom is 0.255 e. The zero-order chi connectivity index (χ0) is 21.7. The molecule has 1 saturated heterocycles. The predicted molar refractivity (Wildman–Crippen MR) is 113 cm³/mol. The van der Waals surface area contributed by atoms with Gasteiger partial charge in [0.1, 0.15) is 16.4 Å². The van der Waals surface area contributed by atoms with Crippen molar-refractivity contribution in [3.63, 3.8) is 0 Å². The van der Waals surface area contributed by atoms with Gasteiger partial charge in [0.25, 0.3) is 5.91 Å². The smallest absolute Gasteiger partial charge is 0.255 e. The highest BCUT2D eigenvalue weighted by Crippen LogP contribution is 2.31. The minimum absolute atomic E-state index is 0.0190. The lowest BCUT2D eigenvalue weighted by Gasteiger charge is -2.26. The van der Waals surface area contributed by atoms with E-state index in [0.29, 0.717) is 41.8 Å². The maximum atomic E-state index is 13.1. The number of halogens is 1. The second-order valence-corrected chi connectivity index (χ2v) is 8.73. The van der Waals surface area contributed by atoms with Crippen molar-refractivity contribution in [3.05, 3.63) is 47.0 Å². The third-order valence-electron chi connectivity index (χ3n) is 4.50. The van der Waals surface area contributed by atoms with Crippen LogP contribution in [0.5, 0.6) is 11.5 Å². The molecule has 0 atom stereocenters. The fourth-order valence-corrected chi connectivity index (χ4v) is 4.82. The van der Waals surface area contributed by atoms with E-state index in [1.165, 1.54) is 29.6 Å². The van der Waals surface area contributed by atoms with Gasteiger partial charge in [-0.2, -0.15) is 4.31 Å². The van der Waals surface area contributed by atoms with Crippen LogP contribution in [0.2, 0.25) is 5.02 Å². The van der Waals surface area contributed by atoms with Crippen LogP contribution in [-0.4, -0.2) is 58.7 Å². The number of benzene rings is 2. The predicted octanol–water partition coefficient (Wildman–Crippen LogP) is 3.02. The van der Waals surface area contributed by atoms with Gasteiger partial charge in [-0.05, 0) is 43.3 Å². The molecule has 2 aromatic carbocycles. The molecule has 1 amide bonds. The Kier molecular flexibility index (Phi) is 7.19. The Morgan fingerprint density at radius 1 is 1.17 bits per heavy atom. The van der Waals surface area contributed by atoms with Gasteiger partial charge in [-0.3, -0.25) is 4.79 Å². The molecule has 1 aliphatic heterocycles. The lowest BCUT2D eigenvalue weighted by molar-refractivity contribution is 0.0729. The molecule has 1 heterocycles. The number of amides is 1. The molecule has 2 aromatic rings. The molecule has 0 saturated carbocycles. The molecule has 0 aliphatic carbocycles. The summed E-state index contributed by atoms with van der Waals surface area (Å²) in [4.78, 5) is 12.6. The summed E-state index contributed by atoms with van der Waals surface area (Å²) in [6.07, 6.45) is 0. The second-order valence-electron chi connectivity index (χ2n) is 6.41. The Labute approximate surface area is 180 Å². The topological polar surface area (TPSA) is 94.2 Å². The van der Waals surface area contributed by atoms with E-state index < -0.39 is 15.9 Å². The van der Waals surface area contributed by atoms with Crippen LogP contribution in [0.1, 0.15) is 17.3 Å². The lowest BCUT2D eigenvalue weighted by atomic mass is 10.2. The second kappa shape index (κ2) is 9.65. The third kappa shape index (κ3) is 4.86. The van der Waals surface area contributed by atoms with Gasteiger partial charge >= 0.3 is 0 Å². The van der Waals surface area contributed by atoms with Crippen LogP contribution < -0.4 is 14.8 Å². The maximum absolute atomic E-state index is 13.1. The molecule has 1 aliphatic rings. The van der Waals surface area contributed by atoms with Gasteiger partial charge in [0.05, 0.1) is 32.0 Å². The van der Waals surface area contributed by atoms with E-state index in [9.17, 15) is 13.2 Å². The molecular weight excluding hydrogens is 432 g/mol. The number of hydrogen-bond donors (Lipinski definition) is 1. The summed E-state index contributed by atoms with van der Waals surface area (Å²) in [6.45, 7) is 3.47. The molecule has 1 N–H and O–H groups in total. The minimum atomic E-state index is -3.81. The first-order valence-electron chi connectivity index (χ1n) is 9.36. The highest BCUT2D eigenvalue weighted by molar-refractivity contribution is 7.89. The molecule has 8 nitrogen and oxygen atoms in total. The highest BCUT2D eigenvalue weighted by Gasteiger charge is 2.29. The standard InChI is InChI=1S/C20H23ClN2O6S/c1-3-29-17-6-4-14(12-16(17)21)20(24)22-15-5-7-18(27-2)19(13-15)30(25,26)23-8-10-28-11-9-23/h4-7,12-13H,3,8-11H2,1-2H3,(H,22,24). The number of ether oxygens (including phenoxy) is 3. The zero-order valence-electron chi connectivity index (χ0n) is 16.7. The molecule has 1 fully saturated rings. The van der Waals surface area contributed by atoms with Crippen LogP contribution >= 0.6 is 11.6 Å². The summed E-state index contributed by atoms with van der Waals surface area (Å²) in [5.74, 6) is 0.252. The Hall–Kier alpha value is -2.33. The van der Waals surface area contributed by atoms with Crippen molar-refractivity contribution < 1.29 is 27.4 Å². The molecule has 0 aromatic heterocycles. The van der Waals surface area contributed by atoms with Crippen molar-refractivity contribution in [1.29, 1.82) is 0 Å². The monoisotopic (exact) mass is 454 g/mol. The van der Waals surface area contributed by atoms with Gasteiger partial charge in [-0.15, -0.1) is 0 Å². The normalized spacial score (nSPS) is 14.9. The Morgan fingerprint density at radius 3 is 2.50 bits per heavy atom. The van der Waals surface area contributed by atoms with Gasteiger partial charge in [-0.1, -0.05) is 11.6 Å². The van der Waals surface area contributed by atoms with Crippen molar-refractivity contribution in [2.24, 2.45) is 0 Å². The van der Waals surface area contributed by atoms with E-state index in [1.54, 1.807) is 18.2 Å². The van der Waals surface area contributed by atoms with Gasteiger partial charge < -0.3 is 19.5 Å². The van der Waals surface area contributed by atoms with E-state index in [1.807, 2.05) is 6.92 Å². The largest absolute Gasteiger partial charge is 0.495 e. The van der Waals surface area contributed by atoms with E-state index in [0.717, 1.165) is 0 Å². The SMILES string of the molecule is CCOc1ccc(C(=O)Nc2ccc(OC)c(S(=O)(=O)N3CCOCC3)c2)cc1Cl. The number of sulfonamides is 1. The number of carbonyl (C=O) groups is 1. The van der Waals surface area contributed by atoms with E-state index in [-0.39, 0.29) is 23.7 Å². The summed E-state index contributed by atoms with van der Waals surface area (Å²) in [5, 5.41) is 3.02. The summed E-state index contributed by atoms with van der Waals surface area (Å²) in [6, 6.07) is 9.16. The highest BCUT2D eigenvalue weighted by atomic mass is 35.5. The van der Waals surface area contributed by atoms with E-state index in [2.05, 4.69) is 5.32 Å². The number of morpholine rings is 1. The quantitative estimate of drug-likeness (QED) is 0.691. The first kappa shape index (κ1) is 22.4. The van der Waals surface area contributed by atoms with E-state index in [4.69, 9.17) is 25.8 Å². The number of methoxy groups -OCH3 is 1. The molecule has 0 bridgehead atoms. The Balaban J connectivity index is 1.86. The zero-order valence-corrected chi connectivity index (χ0v) is 18.3. The number of anilines is 1. The third-order valence-corrected chi connectivity index (χ3v) is 6.72. The fourth-order valence-electron chi connectivity index (χ4n) is 3.00. The van der Waals surface area contributed by atoms with Gasteiger partial charge in [0.15, 0.2) is 0 Å². The molecular formula is C20H23ClN2O6S. The van der Waals surface area contributed by atoms with Crippen LogP contribution in [-0.2, 0) is 14.8 Å². The van der Waals surface area contributed by atoms with Crippen molar-refractivity contribution in [2.75, 3.05) is 45.3 Å². The number of hydrogen-bond acceptors (Lipinski definition) is 6. The Bertz CT molecular complexity index is 1020. The average molecular weight is 455 g/mol. The fraction of sp³-hybridized carbons (Fsp3) is 0.350. The molecule has 0 spiro atoms. The number of nitrogens with zero attached hydrogens (tertiary/aromatic N) is 1. The van der Waals surface area contributed by atoms with Crippen molar-refractivity contribution in [2.45, 2.75) is 11.8 Å². The number of nitrogens with one attached hydrogen (secondary N) is 1. The van der Waals surface area contributed by atoms with Gasteiger partial charge in [0, 0.05) is 24.3 Å². The van der Waals surface area contributed by atoms with Crippen molar-refractivity contribution in [1.82, 2.24) is 4.31 Å². The number of carbonyl (C=O) groups excluding carboxylic acids is 1. The summed E-state index contributed by atoms with van der Waals surface area (Å²) >= 11 is 6.15. The van der Waals surface area contributed by atoms with Crippen LogP contribution in [0.15, 0.2) is 41.3 Å².